The normalized spacial score (nSPS) is 19.4. The van der Waals surface area contributed by atoms with E-state index in [1.807, 2.05) is 37.3 Å². The summed E-state index contributed by atoms with van der Waals surface area (Å²) in [5.41, 5.74) is -0.378. The van der Waals surface area contributed by atoms with Crippen LogP contribution in [0.1, 0.15) is 48.4 Å². The van der Waals surface area contributed by atoms with Crippen molar-refractivity contribution in [1.29, 1.82) is 5.26 Å². The van der Waals surface area contributed by atoms with Gasteiger partial charge in [-0.2, -0.15) is 18.4 Å². The second-order valence-corrected chi connectivity index (χ2v) is 12.2. The Morgan fingerprint density at radius 2 is 1.65 bits per heavy atom. The van der Waals surface area contributed by atoms with Gasteiger partial charge in [-0.25, -0.2) is 12.8 Å². The molecule has 2 aromatic rings. The van der Waals surface area contributed by atoms with Crippen LogP contribution in [0.3, 0.4) is 0 Å². The van der Waals surface area contributed by atoms with Gasteiger partial charge in [0.25, 0.3) is 0 Å². The number of hydrogen-bond donors (Lipinski definition) is 2. The minimum Gasteiger partial charge on any atom is -0.336 e. The quantitative estimate of drug-likeness (QED) is 0.446. The van der Waals surface area contributed by atoms with Gasteiger partial charge in [0.1, 0.15) is 23.4 Å². The van der Waals surface area contributed by atoms with Crippen LogP contribution in [0.5, 0.6) is 0 Å². The predicted octanol–water partition coefficient (Wildman–Crippen LogP) is 4.01. The SMILES string of the molecule is Cc1ccc(C2(CS(=O)(=O)C[C@H](N[C@@H](c3ccc(F)cc3)C(F)(F)F)C(=O)NC3(C#N)CC3)CC2)cc1. The Morgan fingerprint density at radius 3 is 2.14 bits per heavy atom. The third-order valence-electron chi connectivity index (χ3n) is 6.98. The molecule has 2 aliphatic rings. The fraction of sp³-hybridized carbons (Fsp3) is 0.462. The average molecular weight is 538 g/mol. The van der Waals surface area contributed by atoms with Crippen LogP contribution in [0.4, 0.5) is 17.6 Å². The summed E-state index contributed by atoms with van der Waals surface area (Å²) < 4.78 is 82.0. The summed E-state index contributed by atoms with van der Waals surface area (Å²) in [6.45, 7) is 1.90. The van der Waals surface area contributed by atoms with Crippen molar-refractivity contribution in [1.82, 2.24) is 10.6 Å². The lowest BCUT2D eigenvalue weighted by Crippen LogP contribution is -2.54. The molecule has 0 saturated heterocycles. The van der Waals surface area contributed by atoms with Gasteiger partial charge in [-0.3, -0.25) is 10.1 Å². The zero-order chi connectivity index (χ0) is 27.1. The number of nitrogens with one attached hydrogen (secondary N) is 2. The molecular weight excluding hydrogens is 510 g/mol. The molecule has 2 aliphatic carbocycles. The number of halogens is 4. The van der Waals surface area contributed by atoms with Crippen LogP contribution in [-0.2, 0) is 20.0 Å². The summed E-state index contributed by atoms with van der Waals surface area (Å²) >= 11 is 0. The predicted molar refractivity (Wildman–Crippen MR) is 129 cm³/mol. The highest BCUT2D eigenvalue weighted by Gasteiger charge is 2.50. The Hall–Kier alpha value is -2.97. The van der Waals surface area contributed by atoms with Gasteiger partial charge in [-0.15, -0.1) is 0 Å². The van der Waals surface area contributed by atoms with Crippen molar-refractivity contribution in [3.05, 3.63) is 71.0 Å². The molecule has 2 aromatic carbocycles. The molecule has 2 fully saturated rings. The van der Waals surface area contributed by atoms with Crippen LogP contribution in [0.2, 0.25) is 0 Å². The number of nitrogens with zero attached hydrogens (tertiary/aromatic N) is 1. The van der Waals surface area contributed by atoms with E-state index in [9.17, 15) is 36.0 Å². The van der Waals surface area contributed by atoms with Crippen molar-refractivity contribution in [3.63, 3.8) is 0 Å². The molecule has 6 nitrogen and oxygen atoms in total. The van der Waals surface area contributed by atoms with Crippen molar-refractivity contribution in [3.8, 4) is 6.07 Å². The smallest absolute Gasteiger partial charge is 0.336 e. The minimum absolute atomic E-state index is 0.314. The molecule has 11 heteroatoms. The highest BCUT2D eigenvalue weighted by molar-refractivity contribution is 7.91. The van der Waals surface area contributed by atoms with Crippen molar-refractivity contribution < 1.29 is 30.8 Å². The first kappa shape index (κ1) is 27.1. The fourth-order valence-electron chi connectivity index (χ4n) is 4.46. The van der Waals surface area contributed by atoms with Crippen LogP contribution in [0, 0.1) is 24.1 Å². The lowest BCUT2D eigenvalue weighted by atomic mass is 9.97. The molecule has 37 heavy (non-hydrogen) atoms. The summed E-state index contributed by atoms with van der Waals surface area (Å²) in [5, 5.41) is 13.9. The first-order valence-electron chi connectivity index (χ1n) is 11.9. The highest BCUT2D eigenvalue weighted by Crippen LogP contribution is 2.49. The van der Waals surface area contributed by atoms with Crippen LogP contribution in [0.15, 0.2) is 48.5 Å². The van der Waals surface area contributed by atoms with Crippen molar-refractivity contribution in [2.75, 3.05) is 11.5 Å². The van der Waals surface area contributed by atoms with E-state index >= 15 is 0 Å². The van der Waals surface area contributed by atoms with Crippen LogP contribution < -0.4 is 10.6 Å². The maximum atomic E-state index is 14.0. The number of hydrogen-bond acceptors (Lipinski definition) is 5. The molecule has 0 radical (unpaired) electrons. The molecule has 0 spiro atoms. The Labute approximate surface area is 213 Å². The van der Waals surface area contributed by atoms with E-state index in [0.717, 1.165) is 35.4 Å². The minimum atomic E-state index is -4.91. The topological polar surface area (TPSA) is 99.1 Å². The molecule has 0 unspecified atom stereocenters. The van der Waals surface area contributed by atoms with Gasteiger partial charge in [0, 0.05) is 5.41 Å². The molecule has 2 saturated carbocycles. The third kappa shape index (κ3) is 6.48. The van der Waals surface area contributed by atoms with Crippen LogP contribution in [0.25, 0.3) is 0 Å². The average Bonchev–Trinajstić information content (AvgIpc) is 3.75. The van der Waals surface area contributed by atoms with Gasteiger partial charge >= 0.3 is 6.18 Å². The van der Waals surface area contributed by atoms with Gasteiger partial charge in [0.15, 0.2) is 9.84 Å². The maximum Gasteiger partial charge on any atom is 0.407 e. The zero-order valence-electron chi connectivity index (χ0n) is 20.1. The number of aryl methyl sites for hydroxylation is 1. The number of nitriles is 1. The molecule has 0 bridgehead atoms. The number of rotatable bonds is 10. The summed E-state index contributed by atoms with van der Waals surface area (Å²) in [7, 11) is -4.03. The monoisotopic (exact) mass is 537 g/mol. The Morgan fingerprint density at radius 1 is 1.05 bits per heavy atom. The Balaban J connectivity index is 1.60. The number of alkyl halides is 3. The number of carbonyl (C=O) groups is 1. The number of amides is 1. The highest BCUT2D eigenvalue weighted by atomic mass is 32.2. The molecular formula is C26H27F4N3O3S. The number of sulfone groups is 1. The van der Waals surface area contributed by atoms with E-state index in [2.05, 4.69) is 10.6 Å². The van der Waals surface area contributed by atoms with Crippen molar-refractivity contribution in [2.45, 2.75) is 61.8 Å². The molecule has 0 heterocycles. The first-order valence-corrected chi connectivity index (χ1v) is 13.7. The fourth-order valence-corrected chi connectivity index (χ4v) is 6.63. The van der Waals surface area contributed by atoms with Gasteiger partial charge in [-0.05, 0) is 55.9 Å². The third-order valence-corrected chi connectivity index (χ3v) is 8.81. The lowest BCUT2D eigenvalue weighted by molar-refractivity contribution is -0.160. The van der Waals surface area contributed by atoms with E-state index in [1.54, 1.807) is 0 Å². The van der Waals surface area contributed by atoms with Crippen molar-refractivity contribution in [2.24, 2.45) is 0 Å². The van der Waals surface area contributed by atoms with Gasteiger partial charge in [0.2, 0.25) is 5.91 Å². The summed E-state index contributed by atoms with van der Waals surface area (Å²) in [4.78, 5) is 13.1. The van der Waals surface area contributed by atoms with E-state index in [4.69, 9.17) is 0 Å². The molecule has 1 amide bonds. The Kier molecular flexibility index (Phi) is 7.12. The van der Waals surface area contributed by atoms with Gasteiger partial charge in [-0.1, -0.05) is 42.0 Å². The largest absolute Gasteiger partial charge is 0.407 e. The lowest BCUT2D eigenvalue weighted by Gasteiger charge is -2.28. The van der Waals surface area contributed by atoms with E-state index in [-0.39, 0.29) is 11.3 Å². The second kappa shape index (κ2) is 9.72. The second-order valence-electron chi connectivity index (χ2n) is 10.1. The molecule has 2 atom stereocenters. The standard InChI is InChI=1S/C26H27F4N3O3S/c1-17-2-6-19(7-3-17)24(10-11-24)16-37(35,36)14-21(23(34)33-25(15-31)12-13-25)32-22(26(28,29)30)18-4-8-20(27)9-5-18/h2-9,21-22,32H,10-14,16H2,1H3,(H,33,34)/t21-,22-/m0/s1. The molecule has 0 aromatic heterocycles. The van der Waals surface area contributed by atoms with E-state index in [0.29, 0.717) is 25.7 Å². The molecule has 0 aliphatic heterocycles. The van der Waals surface area contributed by atoms with Gasteiger partial charge < -0.3 is 5.32 Å². The van der Waals surface area contributed by atoms with Crippen LogP contribution in [-0.4, -0.2) is 43.6 Å². The van der Waals surface area contributed by atoms with E-state index in [1.165, 1.54) is 0 Å². The zero-order valence-corrected chi connectivity index (χ0v) is 20.9. The Bertz CT molecular complexity index is 1290. The summed E-state index contributed by atoms with van der Waals surface area (Å²) in [6, 6.07) is 8.70. The van der Waals surface area contributed by atoms with E-state index < -0.39 is 56.5 Å². The number of carbonyl (C=O) groups excluding carboxylic acids is 1. The number of benzene rings is 2. The maximum absolute atomic E-state index is 14.0. The van der Waals surface area contributed by atoms with Crippen LogP contribution >= 0.6 is 0 Å². The summed E-state index contributed by atoms with van der Waals surface area (Å²) in [6.07, 6.45) is -3.04. The molecule has 2 N–H and O–H groups in total. The first-order chi connectivity index (χ1) is 17.3. The summed E-state index contributed by atoms with van der Waals surface area (Å²) in [5.74, 6) is -2.94. The molecule has 198 valence electrons. The molecule has 4 rings (SSSR count). The van der Waals surface area contributed by atoms with Gasteiger partial charge in [0.05, 0.1) is 17.6 Å². The van der Waals surface area contributed by atoms with Crippen molar-refractivity contribution >= 4 is 15.7 Å².